The first-order chi connectivity index (χ1) is 7.52. The van der Waals surface area contributed by atoms with E-state index >= 15 is 0 Å². The Labute approximate surface area is 94.9 Å². The summed E-state index contributed by atoms with van der Waals surface area (Å²) in [6.07, 6.45) is -0.338. The van der Waals surface area contributed by atoms with Crippen LogP contribution in [0.1, 0.15) is 20.3 Å². The van der Waals surface area contributed by atoms with Gasteiger partial charge < -0.3 is 19.9 Å². The number of carbonyl (C=O) groups is 2. The Balaban J connectivity index is 3.98. The molecule has 2 unspecified atom stereocenters. The van der Waals surface area contributed by atoms with Gasteiger partial charge in [0.2, 0.25) is 5.91 Å². The molecule has 2 atom stereocenters. The van der Waals surface area contributed by atoms with Crippen molar-refractivity contribution in [3.05, 3.63) is 0 Å². The molecule has 0 aromatic heterocycles. The number of carboxylic acids is 1. The fraction of sp³-hybridized carbons (Fsp3) is 0.800. The van der Waals surface area contributed by atoms with Crippen molar-refractivity contribution in [1.29, 1.82) is 0 Å². The zero-order valence-corrected chi connectivity index (χ0v) is 9.86. The van der Waals surface area contributed by atoms with Gasteiger partial charge in [-0.2, -0.15) is 0 Å². The average molecular weight is 233 g/mol. The number of nitrogens with one attached hydrogen (secondary N) is 1. The first-order valence-corrected chi connectivity index (χ1v) is 5.16. The van der Waals surface area contributed by atoms with E-state index in [1.54, 1.807) is 13.8 Å². The van der Waals surface area contributed by atoms with E-state index in [0.29, 0.717) is 19.6 Å². The van der Waals surface area contributed by atoms with E-state index < -0.39 is 24.0 Å². The van der Waals surface area contributed by atoms with Crippen LogP contribution in [0, 0.1) is 0 Å². The average Bonchev–Trinajstić information content (AvgIpc) is 2.25. The summed E-state index contributed by atoms with van der Waals surface area (Å²) in [7, 11) is 1.53. The van der Waals surface area contributed by atoms with Crippen molar-refractivity contribution in [1.82, 2.24) is 5.32 Å². The van der Waals surface area contributed by atoms with Crippen molar-refractivity contribution in [2.75, 3.05) is 20.3 Å². The van der Waals surface area contributed by atoms with Crippen LogP contribution in [0.15, 0.2) is 0 Å². The summed E-state index contributed by atoms with van der Waals surface area (Å²) in [5.74, 6) is -1.47. The van der Waals surface area contributed by atoms with Crippen molar-refractivity contribution in [3.63, 3.8) is 0 Å². The monoisotopic (exact) mass is 233 g/mol. The lowest BCUT2D eigenvalue weighted by atomic mass is 10.2. The highest BCUT2D eigenvalue weighted by Crippen LogP contribution is 1.96. The van der Waals surface area contributed by atoms with Crippen molar-refractivity contribution in [2.45, 2.75) is 32.4 Å². The Morgan fingerprint density at radius 1 is 1.38 bits per heavy atom. The van der Waals surface area contributed by atoms with Crippen LogP contribution in [0.2, 0.25) is 0 Å². The standard InChI is InChI=1S/C10H19NO5/c1-4-8(10(13)14)11-9(12)7(2)16-6-5-15-3/h7-8H,4-6H2,1-3H3,(H,11,12)(H,13,14). The second-order valence-corrected chi connectivity index (χ2v) is 3.31. The molecule has 0 radical (unpaired) electrons. The third kappa shape index (κ3) is 5.67. The lowest BCUT2D eigenvalue weighted by Gasteiger charge is -2.16. The van der Waals surface area contributed by atoms with Crippen LogP contribution in [0.5, 0.6) is 0 Å². The third-order valence-electron chi connectivity index (χ3n) is 2.05. The predicted molar refractivity (Wildman–Crippen MR) is 57.1 cm³/mol. The summed E-state index contributed by atoms with van der Waals surface area (Å²) in [6, 6.07) is -0.860. The van der Waals surface area contributed by atoms with E-state index in [1.165, 1.54) is 7.11 Å². The van der Waals surface area contributed by atoms with Gasteiger partial charge in [-0.25, -0.2) is 4.79 Å². The Bertz CT molecular complexity index is 231. The van der Waals surface area contributed by atoms with Crippen LogP contribution in [-0.2, 0) is 19.1 Å². The Morgan fingerprint density at radius 3 is 2.44 bits per heavy atom. The van der Waals surface area contributed by atoms with Crippen LogP contribution >= 0.6 is 0 Å². The zero-order chi connectivity index (χ0) is 12.6. The Hall–Kier alpha value is -1.14. The lowest BCUT2D eigenvalue weighted by molar-refractivity contribution is -0.144. The van der Waals surface area contributed by atoms with Crippen molar-refractivity contribution >= 4 is 11.9 Å². The summed E-state index contributed by atoms with van der Waals surface area (Å²) in [4.78, 5) is 22.1. The number of carboxylic acid groups (broad SMARTS) is 1. The molecule has 0 aromatic rings. The summed E-state index contributed by atoms with van der Waals surface area (Å²) in [5.41, 5.74) is 0. The van der Waals surface area contributed by atoms with Crippen LogP contribution in [0.4, 0.5) is 0 Å². The number of rotatable bonds is 8. The van der Waals surface area contributed by atoms with Gasteiger partial charge in [-0.15, -0.1) is 0 Å². The molecule has 0 heterocycles. The summed E-state index contributed by atoms with van der Waals surface area (Å²) in [5, 5.41) is 11.1. The largest absolute Gasteiger partial charge is 0.480 e. The van der Waals surface area contributed by atoms with Gasteiger partial charge in [0.15, 0.2) is 0 Å². The topological polar surface area (TPSA) is 84.9 Å². The summed E-state index contributed by atoms with van der Waals surface area (Å²) < 4.78 is 9.90. The first-order valence-electron chi connectivity index (χ1n) is 5.16. The molecule has 0 saturated heterocycles. The lowest BCUT2D eigenvalue weighted by Crippen LogP contribution is -2.45. The molecule has 0 saturated carbocycles. The van der Waals surface area contributed by atoms with Gasteiger partial charge in [0, 0.05) is 7.11 Å². The van der Waals surface area contributed by atoms with Gasteiger partial charge >= 0.3 is 5.97 Å². The van der Waals surface area contributed by atoms with Crippen LogP contribution in [0.3, 0.4) is 0 Å². The number of ether oxygens (including phenoxy) is 2. The second kappa shape index (κ2) is 8.06. The van der Waals surface area contributed by atoms with Gasteiger partial charge in [0.25, 0.3) is 0 Å². The van der Waals surface area contributed by atoms with Gasteiger partial charge in [-0.3, -0.25) is 4.79 Å². The number of hydrogen-bond donors (Lipinski definition) is 2. The highest BCUT2D eigenvalue weighted by molar-refractivity contribution is 5.85. The molecule has 0 rings (SSSR count). The molecule has 6 heteroatoms. The Morgan fingerprint density at radius 2 is 2.00 bits per heavy atom. The maximum Gasteiger partial charge on any atom is 0.326 e. The summed E-state index contributed by atoms with van der Waals surface area (Å²) >= 11 is 0. The van der Waals surface area contributed by atoms with Crippen LogP contribution < -0.4 is 5.32 Å². The molecule has 0 aliphatic rings. The van der Waals surface area contributed by atoms with Gasteiger partial charge in [-0.05, 0) is 13.3 Å². The van der Waals surface area contributed by atoms with Gasteiger partial charge in [0.1, 0.15) is 12.1 Å². The van der Waals surface area contributed by atoms with E-state index in [0.717, 1.165) is 0 Å². The van der Waals surface area contributed by atoms with E-state index in [9.17, 15) is 9.59 Å². The second-order valence-electron chi connectivity index (χ2n) is 3.31. The number of hydrogen-bond acceptors (Lipinski definition) is 4. The minimum absolute atomic E-state index is 0.301. The van der Waals surface area contributed by atoms with Crippen LogP contribution in [-0.4, -0.2) is 49.5 Å². The smallest absolute Gasteiger partial charge is 0.326 e. The quantitative estimate of drug-likeness (QED) is 0.577. The number of methoxy groups -OCH3 is 1. The zero-order valence-electron chi connectivity index (χ0n) is 9.86. The molecular formula is C10H19NO5. The molecule has 0 bridgehead atoms. The summed E-state index contributed by atoms with van der Waals surface area (Å²) in [6.45, 7) is 3.96. The maximum atomic E-state index is 11.5. The van der Waals surface area contributed by atoms with E-state index in [2.05, 4.69) is 5.32 Å². The van der Waals surface area contributed by atoms with Gasteiger partial charge in [0.05, 0.1) is 13.2 Å². The molecule has 2 N–H and O–H groups in total. The predicted octanol–water partition coefficient (Wildman–Crippen LogP) is 0.0173. The van der Waals surface area contributed by atoms with Gasteiger partial charge in [-0.1, -0.05) is 6.92 Å². The minimum Gasteiger partial charge on any atom is -0.480 e. The highest BCUT2D eigenvalue weighted by atomic mass is 16.5. The van der Waals surface area contributed by atoms with Crippen molar-refractivity contribution in [2.24, 2.45) is 0 Å². The highest BCUT2D eigenvalue weighted by Gasteiger charge is 2.21. The maximum absolute atomic E-state index is 11.5. The third-order valence-corrected chi connectivity index (χ3v) is 2.05. The number of amides is 1. The molecule has 0 aliphatic carbocycles. The number of aliphatic carboxylic acids is 1. The molecule has 0 aromatic carbocycles. The molecule has 1 amide bonds. The normalized spacial score (nSPS) is 14.2. The SMILES string of the molecule is CCC(NC(=O)C(C)OCCOC)C(=O)O. The van der Waals surface area contributed by atoms with E-state index in [-0.39, 0.29) is 0 Å². The van der Waals surface area contributed by atoms with Crippen molar-refractivity contribution in [3.8, 4) is 0 Å². The minimum atomic E-state index is -1.04. The van der Waals surface area contributed by atoms with E-state index in [4.69, 9.17) is 14.6 Å². The molecule has 0 aliphatic heterocycles. The molecule has 16 heavy (non-hydrogen) atoms. The fourth-order valence-corrected chi connectivity index (χ4v) is 1.01. The van der Waals surface area contributed by atoms with E-state index in [1.807, 2.05) is 0 Å². The molecule has 0 fully saturated rings. The molecular weight excluding hydrogens is 214 g/mol. The first kappa shape index (κ1) is 14.9. The van der Waals surface area contributed by atoms with Crippen molar-refractivity contribution < 1.29 is 24.2 Å². The molecule has 6 nitrogen and oxygen atoms in total. The molecule has 0 spiro atoms. The molecule has 94 valence electrons. The number of carbonyl (C=O) groups excluding carboxylic acids is 1. The Kier molecular flexibility index (Phi) is 7.49. The fourth-order valence-electron chi connectivity index (χ4n) is 1.01. The van der Waals surface area contributed by atoms with Crippen LogP contribution in [0.25, 0.3) is 0 Å².